The van der Waals surface area contributed by atoms with Crippen molar-refractivity contribution in [3.8, 4) is 5.75 Å². The number of benzene rings is 1. The van der Waals surface area contributed by atoms with Gasteiger partial charge in [-0.25, -0.2) is 9.97 Å². The van der Waals surface area contributed by atoms with Crippen LogP contribution < -0.4 is 4.74 Å². The van der Waals surface area contributed by atoms with E-state index < -0.39 is 0 Å². The normalized spacial score (nSPS) is 11.0. The second kappa shape index (κ2) is 16.8. The Morgan fingerprint density at radius 1 is 0.633 bits per heavy atom. The molecule has 0 aliphatic rings. The van der Waals surface area contributed by atoms with Crippen molar-refractivity contribution >= 4 is 0 Å². The lowest BCUT2D eigenvalue weighted by Crippen LogP contribution is -1.97. The van der Waals surface area contributed by atoms with Crippen LogP contribution in [0.15, 0.2) is 42.7 Å². The number of hydrogen-bond donors (Lipinski definition) is 0. The SMILES string of the molecule is CCCCCCCCCOc1ccc(CCCCCCCCc2ncccn2)cc1. The molecule has 3 heteroatoms. The molecule has 0 atom stereocenters. The Morgan fingerprint density at radius 3 is 1.87 bits per heavy atom. The van der Waals surface area contributed by atoms with Gasteiger partial charge in [0.15, 0.2) is 0 Å². The van der Waals surface area contributed by atoms with E-state index in [1.54, 1.807) is 0 Å². The van der Waals surface area contributed by atoms with Gasteiger partial charge in [0.05, 0.1) is 6.61 Å². The molecule has 0 spiro atoms. The Kier molecular flexibility index (Phi) is 13.7. The second-order valence-corrected chi connectivity index (χ2v) is 8.40. The molecule has 0 fully saturated rings. The van der Waals surface area contributed by atoms with E-state index in [1.165, 1.54) is 95.5 Å². The molecule has 3 nitrogen and oxygen atoms in total. The van der Waals surface area contributed by atoms with Crippen molar-refractivity contribution in [2.75, 3.05) is 6.61 Å². The third-order valence-corrected chi connectivity index (χ3v) is 5.68. The molecule has 1 aromatic heterocycles. The molecule has 0 aliphatic heterocycles. The summed E-state index contributed by atoms with van der Waals surface area (Å²) in [6.45, 7) is 3.12. The molecule has 166 valence electrons. The molecule has 2 aromatic rings. The fourth-order valence-corrected chi connectivity index (χ4v) is 3.78. The zero-order chi connectivity index (χ0) is 21.1. The molecular weight excluding hydrogens is 368 g/mol. The van der Waals surface area contributed by atoms with Gasteiger partial charge in [-0.2, -0.15) is 0 Å². The van der Waals surface area contributed by atoms with E-state index in [0.717, 1.165) is 24.6 Å². The van der Waals surface area contributed by atoms with E-state index in [4.69, 9.17) is 4.74 Å². The maximum Gasteiger partial charge on any atom is 0.128 e. The zero-order valence-corrected chi connectivity index (χ0v) is 19.2. The van der Waals surface area contributed by atoms with Gasteiger partial charge in [-0.15, -0.1) is 0 Å². The van der Waals surface area contributed by atoms with Crippen molar-refractivity contribution in [2.45, 2.75) is 103 Å². The third kappa shape index (κ3) is 11.9. The minimum atomic E-state index is 0.851. The van der Waals surface area contributed by atoms with Crippen molar-refractivity contribution in [1.82, 2.24) is 9.97 Å². The van der Waals surface area contributed by atoms with Crippen LogP contribution >= 0.6 is 0 Å². The van der Waals surface area contributed by atoms with Crippen molar-refractivity contribution in [2.24, 2.45) is 0 Å². The molecule has 30 heavy (non-hydrogen) atoms. The van der Waals surface area contributed by atoms with E-state index in [2.05, 4.69) is 41.2 Å². The number of ether oxygens (including phenoxy) is 1. The highest BCUT2D eigenvalue weighted by Gasteiger charge is 1.99. The monoisotopic (exact) mass is 410 g/mol. The highest BCUT2D eigenvalue weighted by molar-refractivity contribution is 5.27. The number of hydrogen-bond acceptors (Lipinski definition) is 3. The largest absolute Gasteiger partial charge is 0.494 e. The Labute approximate surface area is 184 Å². The van der Waals surface area contributed by atoms with Gasteiger partial charge < -0.3 is 4.74 Å². The van der Waals surface area contributed by atoms with Gasteiger partial charge in [-0.1, -0.05) is 83.3 Å². The molecule has 0 unspecified atom stereocenters. The number of nitrogens with zero attached hydrogens (tertiary/aromatic N) is 2. The topological polar surface area (TPSA) is 35.0 Å². The molecule has 0 amide bonds. The van der Waals surface area contributed by atoms with Crippen LogP contribution in [0, 0.1) is 0 Å². The molecule has 2 rings (SSSR count). The van der Waals surface area contributed by atoms with Crippen LogP contribution in [0.2, 0.25) is 0 Å². The van der Waals surface area contributed by atoms with E-state index in [-0.39, 0.29) is 0 Å². The van der Waals surface area contributed by atoms with Crippen molar-refractivity contribution in [3.05, 3.63) is 54.1 Å². The number of aromatic nitrogens is 2. The van der Waals surface area contributed by atoms with E-state index >= 15 is 0 Å². The maximum atomic E-state index is 5.89. The predicted octanol–water partition coefficient (Wildman–Crippen LogP) is 7.73. The fraction of sp³-hybridized carbons (Fsp3) is 0.630. The van der Waals surface area contributed by atoms with Crippen LogP contribution in [0.5, 0.6) is 5.75 Å². The Balaban J connectivity index is 1.42. The van der Waals surface area contributed by atoms with Crippen molar-refractivity contribution in [3.63, 3.8) is 0 Å². The number of aryl methyl sites for hydroxylation is 2. The Hall–Kier alpha value is -1.90. The van der Waals surface area contributed by atoms with E-state index in [0.29, 0.717) is 0 Å². The summed E-state index contributed by atoms with van der Waals surface area (Å²) in [6, 6.07) is 10.6. The summed E-state index contributed by atoms with van der Waals surface area (Å²) < 4.78 is 5.89. The number of unbranched alkanes of at least 4 members (excludes halogenated alkanes) is 11. The number of rotatable bonds is 18. The summed E-state index contributed by atoms with van der Waals surface area (Å²) in [5.41, 5.74) is 1.43. The smallest absolute Gasteiger partial charge is 0.128 e. The molecule has 0 aliphatic carbocycles. The van der Waals surface area contributed by atoms with Gasteiger partial charge in [0.1, 0.15) is 11.6 Å². The minimum absolute atomic E-state index is 0.851. The minimum Gasteiger partial charge on any atom is -0.494 e. The van der Waals surface area contributed by atoms with Crippen LogP contribution in [0.25, 0.3) is 0 Å². The average molecular weight is 411 g/mol. The average Bonchev–Trinajstić information content (AvgIpc) is 2.79. The highest BCUT2D eigenvalue weighted by atomic mass is 16.5. The lowest BCUT2D eigenvalue weighted by Gasteiger charge is -2.08. The van der Waals surface area contributed by atoms with Crippen LogP contribution in [0.1, 0.15) is 102 Å². The first kappa shape index (κ1) is 24.4. The highest BCUT2D eigenvalue weighted by Crippen LogP contribution is 2.16. The summed E-state index contributed by atoms with van der Waals surface area (Å²) in [5, 5.41) is 0. The van der Waals surface area contributed by atoms with Gasteiger partial charge in [0, 0.05) is 18.8 Å². The molecular formula is C27H42N2O. The van der Waals surface area contributed by atoms with Gasteiger partial charge in [0.2, 0.25) is 0 Å². The molecule has 0 N–H and O–H groups in total. The van der Waals surface area contributed by atoms with Crippen LogP contribution in [-0.4, -0.2) is 16.6 Å². The lowest BCUT2D eigenvalue weighted by molar-refractivity contribution is 0.304. The maximum absolute atomic E-state index is 5.89. The standard InChI is InChI=1S/C27H42N2O/c1-2-3-4-5-8-11-14-24-30-26-20-18-25(19-21-26)16-12-9-6-7-10-13-17-27-28-22-15-23-29-27/h15,18-23H,2-14,16-17,24H2,1H3. The van der Waals surface area contributed by atoms with Crippen LogP contribution in [-0.2, 0) is 12.8 Å². The van der Waals surface area contributed by atoms with Gasteiger partial charge in [-0.05, 0) is 49.4 Å². The zero-order valence-electron chi connectivity index (χ0n) is 19.2. The van der Waals surface area contributed by atoms with E-state index in [9.17, 15) is 0 Å². The Bertz CT molecular complexity index is 627. The summed E-state index contributed by atoms with van der Waals surface area (Å²) in [5.74, 6) is 2.00. The second-order valence-electron chi connectivity index (χ2n) is 8.40. The quantitative estimate of drug-likeness (QED) is 0.236. The fourth-order valence-electron chi connectivity index (χ4n) is 3.78. The molecule has 0 radical (unpaired) electrons. The summed E-state index contributed by atoms with van der Waals surface area (Å²) in [6.07, 6.45) is 22.9. The van der Waals surface area contributed by atoms with Gasteiger partial charge >= 0.3 is 0 Å². The van der Waals surface area contributed by atoms with E-state index in [1.807, 2.05) is 18.5 Å². The third-order valence-electron chi connectivity index (χ3n) is 5.68. The summed E-state index contributed by atoms with van der Waals surface area (Å²) >= 11 is 0. The lowest BCUT2D eigenvalue weighted by atomic mass is 10.0. The van der Waals surface area contributed by atoms with Gasteiger partial charge in [0.25, 0.3) is 0 Å². The molecule has 0 saturated carbocycles. The first-order valence-corrected chi connectivity index (χ1v) is 12.4. The predicted molar refractivity (Wildman–Crippen MR) is 127 cm³/mol. The molecule has 0 saturated heterocycles. The van der Waals surface area contributed by atoms with Gasteiger partial charge in [-0.3, -0.25) is 0 Å². The summed E-state index contributed by atoms with van der Waals surface area (Å²) in [4.78, 5) is 8.57. The molecule has 0 bridgehead atoms. The first-order valence-electron chi connectivity index (χ1n) is 12.4. The molecule has 1 aromatic carbocycles. The Morgan fingerprint density at radius 2 is 1.20 bits per heavy atom. The first-order chi connectivity index (χ1) is 14.9. The van der Waals surface area contributed by atoms with Crippen molar-refractivity contribution in [1.29, 1.82) is 0 Å². The van der Waals surface area contributed by atoms with Crippen LogP contribution in [0.4, 0.5) is 0 Å². The van der Waals surface area contributed by atoms with Crippen LogP contribution in [0.3, 0.4) is 0 Å². The molecule has 1 heterocycles. The summed E-state index contributed by atoms with van der Waals surface area (Å²) in [7, 11) is 0. The van der Waals surface area contributed by atoms with Crippen molar-refractivity contribution < 1.29 is 4.74 Å².